The highest BCUT2D eigenvalue weighted by Gasteiger charge is 2.19. The highest BCUT2D eigenvalue weighted by atomic mass is 16.2. The van der Waals surface area contributed by atoms with Crippen LogP contribution in [0, 0.1) is 12.8 Å². The molecule has 2 atom stereocenters. The van der Waals surface area contributed by atoms with Crippen LogP contribution in [0.3, 0.4) is 0 Å². The molecule has 0 bridgehead atoms. The van der Waals surface area contributed by atoms with Crippen molar-refractivity contribution in [2.45, 2.75) is 46.2 Å². The number of para-hydroxylation sites is 1. The maximum atomic E-state index is 12.6. The van der Waals surface area contributed by atoms with Crippen molar-refractivity contribution in [1.29, 1.82) is 0 Å². The third kappa shape index (κ3) is 4.30. The van der Waals surface area contributed by atoms with Gasteiger partial charge in [0.05, 0.1) is 17.2 Å². The van der Waals surface area contributed by atoms with Gasteiger partial charge in [-0.3, -0.25) is 14.2 Å². The van der Waals surface area contributed by atoms with Crippen molar-refractivity contribution in [3.05, 3.63) is 40.4 Å². The number of nitrogens with zero attached hydrogens (tertiary/aromatic N) is 3. The molecule has 6 heteroatoms. The summed E-state index contributed by atoms with van der Waals surface area (Å²) in [7, 11) is 0. The van der Waals surface area contributed by atoms with E-state index in [1.54, 1.807) is 6.07 Å². The van der Waals surface area contributed by atoms with Gasteiger partial charge in [-0.2, -0.15) is 0 Å². The molecule has 1 N–H and O–H groups in total. The van der Waals surface area contributed by atoms with Crippen LogP contribution in [-0.4, -0.2) is 46.0 Å². The van der Waals surface area contributed by atoms with Crippen LogP contribution in [0.4, 0.5) is 0 Å². The van der Waals surface area contributed by atoms with Crippen LogP contribution in [-0.2, 0) is 11.3 Å². The number of carbonyl (C=O) groups excluding carboxylic acids is 1. The predicted molar refractivity (Wildman–Crippen MR) is 103 cm³/mol. The molecule has 1 aliphatic heterocycles. The van der Waals surface area contributed by atoms with Crippen molar-refractivity contribution in [3.8, 4) is 0 Å². The molecule has 0 radical (unpaired) electrons. The molecular weight excluding hydrogens is 328 g/mol. The fourth-order valence-corrected chi connectivity index (χ4v) is 3.81. The molecule has 140 valence electrons. The average molecular weight is 356 g/mol. The van der Waals surface area contributed by atoms with Gasteiger partial charge in [-0.15, -0.1) is 0 Å². The summed E-state index contributed by atoms with van der Waals surface area (Å²) in [5.74, 6) is 0.566. The molecule has 6 nitrogen and oxygen atoms in total. The number of hydrogen-bond donors (Lipinski definition) is 1. The van der Waals surface area contributed by atoms with Crippen molar-refractivity contribution >= 4 is 16.8 Å². The zero-order valence-electron chi connectivity index (χ0n) is 15.9. The summed E-state index contributed by atoms with van der Waals surface area (Å²) < 4.78 is 1.38. The fourth-order valence-electron chi connectivity index (χ4n) is 3.81. The van der Waals surface area contributed by atoms with Gasteiger partial charge < -0.3 is 10.2 Å². The summed E-state index contributed by atoms with van der Waals surface area (Å²) >= 11 is 0. The van der Waals surface area contributed by atoms with Gasteiger partial charge in [-0.05, 0) is 50.8 Å². The van der Waals surface area contributed by atoms with Crippen LogP contribution in [0.5, 0.6) is 0 Å². The van der Waals surface area contributed by atoms with Gasteiger partial charge in [0, 0.05) is 19.1 Å². The molecular formula is C20H28N4O2. The van der Waals surface area contributed by atoms with E-state index in [1.807, 2.05) is 26.0 Å². The van der Waals surface area contributed by atoms with Gasteiger partial charge in [0.1, 0.15) is 6.54 Å². The number of hydrogen-bond acceptors (Lipinski definition) is 4. The van der Waals surface area contributed by atoms with E-state index in [0.29, 0.717) is 10.9 Å². The highest BCUT2D eigenvalue weighted by molar-refractivity contribution is 5.81. The van der Waals surface area contributed by atoms with E-state index < -0.39 is 0 Å². The Balaban J connectivity index is 1.62. The molecule has 1 aromatic heterocycles. The first-order valence-corrected chi connectivity index (χ1v) is 9.40. The lowest BCUT2D eigenvalue weighted by atomic mass is 10.00. The van der Waals surface area contributed by atoms with Crippen molar-refractivity contribution < 1.29 is 4.79 Å². The molecule has 1 amide bonds. The Labute approximate surface area is 154 Å². The number of piperidine rings is 1. The predicted octanol–water partition coefficient (Wildman–Crippen LogP) is 1.94. The average Bonchev–Trinajstić information content (AvgIpc) is 2.58. The zero-order chi connectivity index (χ0) is 18.7. The minimum absolute atomic E-state index is 0.00351. The molecule has 1 aliphatic rings. The Bertz CT molecular complexity index is 845. The molecule has 1 fully saturated rings. The van der Waals surface area contributed by atoms with E-state index in [4.69, 9.17) is 0 Å². The number of amides is 1. The minimum Gasteiger partial charge on any atom is -0.351 e. The first kappa shape index (κ1) is 18.6. The monoisotopic (exact) mass is 356 g/mol. The van der Waals surface area contributed by atoms with Gasteiger partial charge in [-0.25, -0.2) is 4.98 Å². The van der Waals surface area contributed by atoms with Crippen molar-refractivity contribution in [3.63, 3.8) is 0 Å². The summed E-state index contributed by atoms with van der Waals surface area (Å²) in [6.45, 7) is 9.25. The van der Waals surface area contributed by atoms with Crippen molar-refractivity contribution in [2.75, 3.05) is 19.6 Å². The minimum atomic E-state index is -0.175. The number of fused-ring (bicyclic) bond motifs is 1. The Morgan fingerprint density at radius 3 is 3.00 bits per heavy atom. The molecule has 1 saturated heterocycles. The zero-order valence-corrected chi connectivity index (χ0v) is 15.9. The summed E-state index contributed by atoms with van der Waals surface area (Å²) in [5.41, 5.74) is 1.48. The van der Waals surface area contributed by atoms with Crippen LogP contribution in [0.15, 0.2) is 29.3 Å². The SMILES string of the molecule is Cc1cccc2c(=O)n(CC(=O)N[C@@H](C)CN3CCC[C@H](C)C3)cnc12. The quantitative estimate of drug-likeness (QED) is 0.889. The lowest BCUT2D eigenvalue weighted by Crippen LogP contribution is -2.46. The second-order valence-electron chi connectivity index (χ2n) is 7.62. The Hall–Kier alpha value is -2.21. The van der Waals surface area contributed by atoms with Gasteiger partial charge in [0.15, 0.2) is 0 Å². The third-order valence-corrected chi connectivity index (χ3v) is 5.05. The topological polar surface area (TPSA) is 67.2 Å². The first-order valence-electron chi connectivity index (χ1n) is 9.40. The lowest BCUT2D eigenvalue weighted by Gasteiger charge is -2.32. The van der Waals surface area contributed by atoms with Gasteiger partial charge >= 0.3 is 0 Å². The van der Waals surface area contributed by atoms with E-state index in [9.17, 15) is 9.59 Å². The Kier molecular flexibility index (Phi) is 5.71. The van der Waals surface area contributed by atoms with Gasteiger partial charge in [-0.1, -0.05) is 19.1 Å². The molecule has 0 saturated carbocycles. The smallest absolute Gasteiger partial charge is 0.261 e. The fraction of sp³-hybridized carbons (Fsp3) is 0.550. The van der Waals surface area contributed by atoms with E-state index in [1.165, 1.54) is 23.7 Å². The maximum absolute atomic E-state index is 12.6. The number of nitrogens with one attached hydrogen (secondary N) is 1. The second-order valence-corrected chi connectivity index (χ2v) is 7.62. The van der Waals surface area contributed by atoms with Gasteiger partial charge in [0.25, 0.3) is 5.56 Å². The number of carbonyl (C=O) groups is 1. The normalized spacial score (nSPS) is 19.4. The largest absolute Gasteiger partial charge is 0.351 e. The van der Waals surface area contributed by atoms with Crippen molar-refractivity contribution in [1.82, 2.24) is 19.8 Å². The molecule has 2 aromatic rings. The number of aromatic nitrogens is 2. The number of aryl methyl sites for hydroxylation is 1. The van der Waals surface area contributed by atoms with E-state index >= 15 is 0 Å². The molecule has 3 rings (SSSR count). The van der Waals surface area contributed by atoms with E-state index in [0.717, 1.165) is 31.1 Å². The van der Waals surface area contributed by atoms with Crippen molar-refractivity contribution in [2.24, 2.45) is 5.92 Å². The maximum Gasteiger partial charge on any atom is 0.261 e. The van der Waals surface area contributed by atoms with Crippen LogP contribution >= 0.6 is 0 Å². The standard InChI is InChI=1S/C20H28N4O2/c1-14-6-5-9-23(10-14)11-16(3)22-18(25)12-24-13-21-19-15(2)7-4-8-17(19)20(24)26/h4,7-8,13-14,16H,5-6,9-12H2,1-3H3,(H,22,25)/t14-,16-/m0/s1. The summed E-state index contributed by atoms with van der Waals surface area (Å²) in [4.78, 5) is 31.7. The molecule has 0 unspecified atom stereocenters. The number of rotatable bonds is 5. The highest BCUT2D eigenvalue weighted by Crippen LogP contribution is 2.15. The molecule has 0 aliphatic carbocycles. The van der Waals surface area contributed by atoms with E-state index in [-0.39, 0.29) is 24.1 Å². The van der Waals surface area contributed by atoms with Crippen LogP contribution in [0.2, 0.25) is 0 Å². The summed E-state index contributed by atoms with van der Waals surface area (Å²) in [6, 6.07) is 5.58. The number of benzene rings is 1. The molecule has 0 spiro atoms. The number of likely N-dealkylation sites (tertiary alicyclic amines) is 1. The van der Waals surface area contributed by atoms with Crippen LogP contribution in [0.25, 0.3) is 10.9 Å². The van der Waals surface area contributed by atoms with Crippen LogP contribution in [0.1, 0.15) is 32.3 Å². The van der Waals surface area contributed by atoms with E-state index in [2.05, 4.69) is 22.1 Å². The molecule has 26 heavy (non-hydrogen) atoms. The first-order chi connectivity index (χ1) is 12.4. The Morgan fingerprint density at radius 2 is 2.23 bits per heavy atom. The Morgan fingerprint density at radius 1 is 1.42 bits per heavy atom. The summed E-state index contributed by atoms with van der Waals surface area (Å²) in [5, 5.41) is 3.56. The van der Waals surface area contributed by atoms with Gasteiger partial charge in [0.2, 0.25) is 5.91 Å². The van der Waals surface area contributed by atoms with Crippen LogP contribution < -0.4 is 10.9 Å². The summed E-state index contributed by atoms with van der Waals surface area (Å²) in [6.07, 6.45) is 3.97. The molecule has 1 aromatic carbocycles. The lowest BCUT2D eigenvalue weighted by molar-refractivity contribution is -0.122. The molecule has 2 heterocycles. The third-order valence-electron chi connectivity index (χ3n) is 5.05. The second kappa shape index (κ2) is 7.99.